The molecular formula is C18H22ClN5O2. The van der Waals surface area contributed by atoms with Crippen molar-refractivity contribution in [3.63, 3.8) is 0 Å². The standard InChI is InChI=1S/C18H22ClN5O2/c1-23(2)18(26)14-10-12(5-6-15(14)19)21-17(25)16-7-9-24(22-16)13-4-3-8-20-11-13/h5-7,9-10,13,20H,3-4,8,11H2,1-2H3,(H,21,25). The maximum absolute atomic E-state index is 12.5. The second kappa shape index (κ2) is 7.88. The Morgan fingerprint density at radius 2 is 2.15 bits per heavy atom. The van der Waals surface area contributed by atoms with Crippen LogP contribution in [0.1, 0.15) is 39.7 Å². The van der Waals surface area contributed by atoms with E-state index in [9.17, 15) is 9.59 Å². The summed E-state index contributed by atoms with van der Waals surface area (Å²) in [5, 5.41) is 10.8. The number of rotatable bonds is 4. The molecule has 1 saturated heterocycles. The van der Waals surface area contributed by atoms with Crippen LogP contribution in [0, 0.1) is 0 Å². The highest BCUT2D eigenvalue weighted by Gasteiger charge is 2.19. The zero-order valence-electron chi connectivity index (χ0n) is 14.8. The average Bonchev–Trinajstić information content (AvgIpc) is 3.13. The lowest BCUT2D eigenvalue weighted by molar-refractivity contribution is 0.0827. The molecule has 1 aliphatic heterocycles. The number of carbonyl (C=O) groups is 2. The molecule has 2 heterocycles. The van der Waals surface area contributed by atoms with E-state index in [2.05, 4.69) is 15.7 Å². The van der Waals surface area contributed by atoms with Crippen LogP contribution in [0.5, 0.6) is 0 Å². The second-order valence-electron chi connectivity index (χ2n) is 6.53. The highest BCUT2D eigenvalue weighted by atomic mass is 35.5. The number of halogens is 1. The fourth-order valence-electron chi connectivity index (χ4n) is 2.92. The van der Waals surface area contributed by atoms with Crippen LogP contribution in [0.2, 0.25) is 5.02 Å². The van der Waals surface area contributed by atoms with Gasteiger partial charge in [0.05, 0.1) is 16.6 Å². The van der Waals surface area contributed by atoms with Gasteiger partial charge in [0.1, 0.15) is 0 Å². The van der Waals surface area contributed by atoms with Crippen LogP contribution in [0.4, 0.5) is 5.69 Å². The molecule has 0 radical (unpaired) electrons. The molecule has 8 heteroatoms. The molecule has 2 aromatic rings. The fraction of sp³-hybridized carbons (Fsp3) is 0.389. The predicted octanol–water partition coefficient (Wildman–Crippen LogP) is 2.42. The van der Waals surface area contributed by atoms with Gasteiger partial charge in [-0.2, -0.15) is 5.10 Å². The zero-order chi connectivity index (χ0) is 18.7. The Labute approximate surface area is 157 Å². The third-order valence-corrected chi connectivity index (χ3v) is 4.68. The molecular weight excluding hydrogens is 354 g/mol. The van der Waals surface area contributed by atoms with E-state index >= 15 is 0 Å². The summed E-state index contributed by atoms with van der Waals surface area (Å²) in [7, 11) is 3.30. The van der Waals surface area contributed by atoms with Gasteiger partial charge in [0.2, 0.25) is 0 Å². The van der Waals surface area contributed by atoms with Crippen molar-refractivity contribution >= 4 is 29.1 Å². The summed E-state index contributed by atoms with van der Waals surface area (Å²) >= 11 is 6.10. The highest BCUT2D eigenvalue weighted by Crippen LogP contribution is 2.22. The van der Waals surface area contributed by atoms with E-state index in [4.69, 9.17) is 11.6 Å². The number of aromatic nitrogens is 2. The van der Waals surface area contributed by atoms with Gasteiger partial charge in [-0.25, -0.2) is 0 Å². The third-order valence-electron chi connectivity index (χ3n) is 4.35. The fourth-order valence-corrected chi connectivity index (χ4v) is 3.12. The number of nitrogens with one attached hydrogen (secondary N) is 2. The predicted molar refractivity (Wildman–Crippen MR) is 101 cm³/mol. The molecule has 138 valence electrons. The van der Waals surface area contributed by atoms with Crippen LogP contribution in [0.3, 0.4) is 0 Å². The van der Waals surface area contributed by atoms with Gasteiger partial charge >= 0.3 is 0 Å². The molecule has 1 unspecified atom stereocenters. The first-order valence-corrected chi connectivity index (χ1v) is 8.92. The van der Waals surface area contributed by atoms with Crippen molar-refractivity contribution in [3.05, 3.63) is 46.7 Å². The Bertz CT molecular complexity index is 812. The van der Waals surface area contributed by atoms with Gasteiger partial charge < -0.3 is 15.5 Å². The molecule has 2 N–H and O–H groups in total. The normalized spacial score (nSPS) is 17.0. The second-order valence-corrected chi connectivity index (χ2v) is 6.94. The molecule has 1 atom stereocenters. The highest BCUT2D eigenvalue weighted by molar-refractivity contribution is 6.34. The summed E-state index contributed by atoms with van der Waals surface area (Å²) in [5.74, 6) is -0.543. The van der Waals surface area contributed by atoms with Crippen molar-refractivity contribution in [2.24, 2.45) is 0 Å². The summed E-state index contributed by atoms with van der Waals surface area (Å²) in [6.45, 7) is 1.88. The molecule has 0 saturated carbocycles. The minimum absolute atomic E-state index is 0.222. The molecule has 3 rings (SSSR count). The van der Waals surface area contributed by atoms with E-state index in [1.54, 1.807) is 38.4 Å². The first-order valence-electron chi connectivity index (χ1n) is 8.54. The maximum atomic E-state index is 12.5. The Balaban J connectivity index is 1.73. The van der Waals surface area contributed by atoms with Crippen molar-refractivity contribution in [2.75, 3.05) is 32.5 Å². The first kappa shape index (κ1) is 18.4. The lowest BCUT2D eigenvalue weighted by atomic mass is 10.1. The topological polar surface area (TPSA) is 79.3 Å². The first-order chi connectivity index (χ1) is 12.5. The molecule has 0 bridgehead atoms. The molecule has 1 fully saturated rings. The summed E-state index contributed by atoms with van der Waals surface area (Å²) in [4.78, 5) is 26.1. The van der Waals surface area contributed by atoms with Gasteiger partial charge in [0.15, 0.2) is 5.69 Å². The van der Waals surface area contributed by atoms with Crippen molar-refractivity contribution in [2.45, 2.75) is 18.9 Å². The number of amides is 2. The van der Waals surface area contributed by atoms with E-state index < -0.39 is 0 Å². The zero-order valence-corrected chi connectivity index (χ0v) is 15.6. The number of benzene rings is 1. The number of hydrogen-bond donors (Lipinski definition) is 2. The summed E-state index contributed by atoms with van der Waals surface area (Å²) in [6.07, 6.45) is 3.97. The Kier molecular flexibility index (Phi) is 5.58. The average molecular weight is 376 g/mol. The van der Waals surface area contributed by atoms with Crippen LogP contribution in [0.15, 0.2) is 30.5 Å². The molecule has 26 heavy (non-hydrogen) atoms. The largest absolute Gasteiger partial charge is 0.345 e. The molecule has 7 nitrogen and oxygen atoms in total. The van der Waals surface area contributed by atoms with Gasteiger partial charge in [-0.3, -0.25) is 14.3 Å². The summed E-state index contributed by atoms with van der Waals surface area (Å²) in [5.41, 5.74) is 1.18. The lowest BCUT2D eigenvalue weighted by Gasteiger charge is -2.22. The number of anilines is 1. The van der Waals surface area contributed by atoms with E-state index in [1.165, 1.54) is 4.90 Å². The van der Waals surface area contributed by atoms with Crippen LogP contribution >= 0.6 is 11.6 Å². The molecule has 0 spiro atoms. The Morgan fingerprint density at radius 1 is 1.35 bits per heavy atom. The van der Waals surface area contributed by atoms with Crippen molar-refractivity contribution < 1.29 is 9.59 Å². The number of nitrogens with zero attached hydrogens (tertiary/aromatic N) is 3. The third kappa shape index (κ3) is 4.05. The smallest absolute Gasteiger partial charge is 0.276 e. The molecule has 1 aliphatic rings. The van der Waals surface area contributed by atoms with Crippen molar-refractivity contribution in [1.82, 2.24) is 20.0 Å². The van der Waals surface area contributed by atoms with Gasteiger partial charge in [-0.1, -0.05) is 11.6 Å². The minimum Gasteiger partial charge on any atom is -0.345 e. The van der Waals surface area contributed by atoms with E-state index in [-0.39, 0.29) is 17.9 Å². The van der Waals surface area contributed by atoms with Gasteiger partial charge in [0.25, 0.3) is 11.8 Å². The van der Waals surface area contributed by atoms with E-state index in [1.807, 2.05) is 10.9 Å². The van der Waals surface area contributed by atoms with Crippen molar-refractivity contribution in [3.8, 4) is 0 Å². The molecule has 1 aromatic carbocycles. The monoisotopic (exact) mass is 375 g/mol. The quantitative estimate of drug-likeness (QED) is 0.860. The number of carbonyl (C=O) groups excluding carboxylic acids is 2. The molecule has 2 amide bonds. The van der Waals surface area contributed by atoms with Crippen LogP contribution < -0.4 is 10.6 Å². The van der Waals surface area contributed by atoms with Crippen LogP contribution in [0.25, 0.3) is 0 Å². The van der Waals surface area contributed by atoms with Crippen molar-refractivity contribution in [1.29, 1.82) is 0 Å². The van der Waals surface area contributed by atoms with Gasteiger partial charge in [-0.05, 0) is 43.7 Å². The molecule has 0 aliphatic carbocycles. The number of hydrogen-bond acceptors (Lipinski definition) is 4. The lowest BCUT2D eigenvalue weighted by Crippen LogP contribution is -2.32. The van der Waals surface area contributed by atoms with Crippen LogP contribution in [-0.2, 0) is 0 Å². The Morgan fingerprint density at radius 3 is 2.85 bits per heavy atom. The van der Waals surface area contributed by atoms with Gasteiger partial charge in [0, 0.05) is 32.5 Å². The van der Waals surface area contributed by atoms with E-state index in [0.717, 1.165) is 25.9 Å². The van der Waals surface area contributed by atoms with Gasteiger partial charge in [-0.15, -0.1) is 0 Å². The van der Waals surface area contributed by atoms with Crippen LogP contribution in [-0.4, -0.2) is 53.7 Å². The molecule has 1 aromatic heterocycles. The number of piperidine rings is 1. The summed E-state index contributed by atoms with van der Waals surface area (Å²) in [6, 6.07) is 6.80. The maximum Gasteiger partial charge on any atom is 0.276 e. The summed E-state index contributed by atoms with van der Waals surface area (Å²) < 4.78 is 1.84. The minimum atomic E-state index is -0.321. The van der Waals surface area contributed by atoms with E-state index in [0.29, 0.717) is 22.0 Å². The SMILES string of the molecule is CN(C)C(=O)c1cc(NC(=O)c2ccn(C3CCCNC3)n2)ccc1Cl. The Hall–Kier alpha value is -2.38.